The molecule has 7 nitrogen and oxygen atoms in total. The average molecular weight is 328 g/mol. The SMILES string of the molecule is Nc1ccc(Cl)c(-c2nnnn2C2CCCS(=O)(=O)C2)c1. The number of halogens is 1. The molecule has 1 aromatic carbocycles. The van der Waals surface area contributed by atoms with E-state index in [0.717, 1.165) is 6.42 Å². The summed E-state index contributed by atoms with van der Waals surface area (Å²) >= 11 is 6.17. The van der Waals surface area contributed by atoms with Crippen LogP contribution in [0.2, 0.25) is 5.02 Å². The fourth-order valence-electron chi connectivity index (χ4n) is 2.52. The Morgan fingerprint density at radius 3 is 2.95 bits per heavy atom. The van der Waals surface area contributed by atoms with Gasteiger partial charge in [-0.1, -0.05) is 11.6 Å². The van der Waals surface area contributed by atoms with Gasteiger partial charge in [0.1, 0.15) is 0 Å². The highest BCUT2D eigenvalue weighted by Gasteiger charge is 2.29. The molecule has 2 aromatic rings. The van der Waals surface area contributed by atoms with Crippen LogP contribution in [0.1, 0.15) is 18.9 Å². The lowest BCUT2D eigenvalue weighted by atomic mass is 10.1. The number of tetrazole rings is 1. The van der Waals surface area contributed by atoms with Gasteiger partial charge in [-0.15, -0.1) is 5.10 Å². The molecule has 1 fully saturated rings. The lowest BCUT2D eigenvalue weighted by Crippen LogP contribution is -2.28. The van der Waals surface area contributed by atoms with Gasteiger partial charge in [-0.3, -0.25) is 0 Å². The smallest absolute Gasteiger partial charge is 0.183 e. The normalized spacial score (nSPS) is 21.3. The van der Waals surface area contributed by atoms with Crippen LogP contribution in [-0.2, 0) is 9.84 Å². The number of rotatable bonds is 2. The van der Waals surface area contributed by atoms with E-state index in [0.29, 0.717) is 28.5 Å². The molecule has 0 bridgehead atoms. The van der Waals surface area contributed by atoms with Crippen molar-refractivity contribution in [3.05, 3.63) is 23.2 Å². The highest BCUT2D eigenvalue weighted by atomic mass is 35.5. The fourth-order valence-corrected chi connectivity index (χ4v) is 4.39. The van der Waals surface area contributed by atoms with Gasteiger partial charge in [-0.05, 0) is 41.5 Å². The van der Waals surface area contributed by atoms with Gasteiger partial charge in [0.25, 0.3) is 0 Å². The number of benzene rings is 1. The molecule has 0 radical (unpaired) electrons. The number of sulfone groups is 1. The third-order valence-corrected chi connectivity index (χ3v) is 5.64. The molecular weight excluding hydrogens is 314 g/mol. The van der Waals surface area contributed by atoms with E-state index in [1.54, 1.807) is 18.2 Å². The molecule has 1 unspecified atom stereocenters. The van der Waals surface area contributed by atoms with E-state index < -0.39 is 9.84 Å². The number of nitrogen functional groups attached to an aromatic ring is 1. The van der Waals surface area contributed by atoms with Crippen molar-refractivity contribution in [2.75, 3.05) is 17.2 Å². The zero-order valence-electron chi connectivity index (χ0n) is 11.1. The van der Waals surface area contributed by atoms with Gasteiger partial charge in [-0.2, -0.15) is 0 Å². The quantitative estimate of drug-likeness (QED) is 0.834. The van der Waals surface area contributed by atoms with Crippen LogP contribution < -0.4 is 5.73 Å². The van der Waals surface area contributed by atoms with Crippen LogP contribution in [0, 0.1) is 0 Å². The molecule has 1 aliphatic heterocycles. The third kappa shape index (κ3) is 2.86. The summed E-state index contributed by atoms with van der Waals surface area (Å²) in [4.78, 5) is 0. The van der Waals surface area contributed by atoms with Gasteiger partial charge in [0, 0.05) is 11.3 Å². The van der Waals surface area contributed by atoms with E-state index in [-0.39, 0.29) is 17.5 Å². The Labute approximate surface area is 127 Å². The van der Waals surface area contributed by atoms with Crippen molar-refractivity contribution in [2.24, 2.45) is 0 Å². The largest absolute Gasteiger partial charge is 0.399 e. The standard InChI is InChI=1S/C12H14ClN5O2S/c13-11-4-3-8(14)6-10(11)12-15-16-17-18(12)9-2-1-5-21(19,20)7-9/h3-4,6,9H,1-2,5,7,14H2. The monoisotopic (exact) mass is 327 g/mol. The highest BCUT2D eigenvalue weighted by Crippen LogP contribution is 2.31. The van der Waals surface area contributed by atoms with E-state index in [9.17, 15) is 8.42 Å². The van der Waals surface area contributed by atoms with Crippen LogP contribution in [0.5, 0.6) is 0 Å². The maximum Gasteiger partial charge on any atom is 0.183 e. The average Bonchev–Trinajstić information content (AvgIpc) is 2.89. The highest BCUT2D eigenvalue weighted by molar-refractivity contribution is 7.91. The summed E-state index contributed by atoms with van der Waals surface area (Å²) in [7, 11) is -3.05. The molecule has 21 heavy (non-hydrogen) atoms. The fraction of sp³-hybridized carbons (Fsp3) is 0.417. The Balaban J connectivity index is 2.03. The molecular formula is C12H14ClN5O2S. The number of hydrogen-bond donors (Lipinski definition) is 1. The number of nitrogens with two attached hydrogens (primary N) is 1. The molecule has 3 rings (SSSR count). The maximum atomic E-state index is 11.8. The minimum absolute atomic E-state index is 0.0466. The van der Waals surface area contributed by atoms with Crippen LogP contribution >= 0.6 is 11.6 Å². The van der Waals surface area contributed by atoms with Crippen LogP contribution in [0.25, 0.3) is 11.4 Å². The van der Waals surface area contributed by atoms with Gasteiger partial charge in [0.15, 0.2) is 15.7 Å². The molecule has 1 saturated heterocycles. The molecule has 9 heteroatoms. The Hall–Kier alpha value is -1.67. The lowest BCUT2D eigenvalue weighted by molar-refractivity contribution is 0.429. The summed E-state index contributed by atoms with van der Waals surface area (Å²) in [6, 6.07) is 4.77. The maximum absolute atomic E-state index is 11.8. The van der Waals surface area contributed by atoms with Crippen molar-refractivity contribution in [2.45, 2.75) is 18.9 Å². The predicted molar refractivity (Wildman–Crippen MR) is 79.6 cm³/mol. The summed E-state index contributed by atoms with van der Waals surface area (Å²) in [5.74, 6) is 0.708. The molecule has 0 aliphatic carbocycles. The summed E-state index contributed by atoms with van der Waals surface area (Å²) in [6.07, 6.45) is 1.33. The second kappa shape index (κ2) is 5.27. The Kier molecular flexibility index (Phi) is 3.58. The second-order valence-corrected chi connectivity index (χ2v) is 7.73. The van der Waals surface area contributed by atoms with E-state index >= 15 is 0 Å². The van der Waals surface area contributed by atoms with Gasteiger partial charge >= 0.3 is 0 Å². The molecule has 0 saturated carbocycles. The van der Waals surface area contributed by atoms with Crippen LogP contribution in [0.3, 0.4) is 0 Å². The first-order chi connectivity index (χ1) is 9.96. The van der Waals surface area contributed by atoms with Crippen molar-refractivity contribution in [1.29, 1.82) is 0 Å². The van der Waals surface area contributed by atoms with Crippen LogP contribution in [-0.4, -0.2) is 40.1 Å². The Bertz CT molecular complexity index is 774. The molecule has 0 amide bonds. The number of hydrogen-bond acceptors (Lipinski definition) is 6. The summed E-state index contributed by atoms with van der Waals surface area (Å²) in [5, 5.41) is 12.1. The number of nitrogens with zero attached hydrogens (tertiary/aromatic N) is 4. The topological polar surface area (TPSA) is 104 Å². The number of aromatic nitrogens is 4. The third-order valence-electron chi connectivity index (χ3n) is 3.51. The molecule has 1 atom stereocenters. The predicted octanol–water partition coefficient (Wildman–Crippen LogP) is 1.33. The molecule has 0 spiro atoms. The molecule has 112 valence electrons. The van der Waals surface area contributed by atoms with E-state index in [1.807, 2.05) is 0 Å². The first-order valence-corrected chi connectivity index (χ1v) is 8.70. The van der Waals surface area contributed by atoms with Crippen molar-refractivity contribution in [3.8, 4) is 11.4 Å². The summed E-state index contributed by atoms with van der Waals surface area (Å²) in [5.41, 5.74) is 6.92. The van der Waals surface area contributed by atoms with Crippen molar-refractivity contribution >= 4 is 27.1 Å². The van der Waals surface area contributed by atoms with Crippen LogP contribution in [0.4, 0.5) is 5.69 Å². The molecule has 1 aliphatic rings. The van der Waals surface area contributed by atoms with Crippen molar-refractivity contribution in [3.63, 3.8) is 0 Å². The zero-order valence-corrected chi connectivity index (χ0v) is 12.7. The minimum atomic E-state index is -3.05. The second-order valence-electron chi connectivity index (χ2n) is 5.10. The summed E-state index contributed by atoms with van der Waals surface area (Å²) in [6.45, 7) is 0. The lowest BCUT2D eigenvalue weighted by Gasteiger charge is -2.22. The first-order valence-electron chi connectivity index (χ1n) is 6.50. The van der Waals surface area contributed by atoms with Crippen molar-refractivity contribution < 1.29 is 8.42 Å². The zero-order chi connectivity index (χ0) is 15.0. The molecule has 1 aromatic heterocycles. The summed E-state index contributed by atoms with van der Waals surface area (Å²) < 4.78 is 25.1. The van der Waals surface area contributed by atoms with Crippen molar-refractivity contribution in [1.82, 2.24) is 20.2 Å². The van der Waals surface area contributed by atoms with Gasteiger partial charge < -0.3 is 5.73 Å². The van der Waals surface area contributed by atoms with E-state index in [2.05, 4.69) is 15.5 Å². The molecule has 2 heterocycles. The van der Waals surface area contributed by atoms with Gasteiger partial charge in [0.2, 0.25) is 0 Å². The Morgan fingerprint density at radius 1 is 1.38 bits per heavy atom. The Morgan fingerprint density at radius 2 is 2.19 bits per heavy atom. The first kappa shape index (κ1) is 14.3. The van der Waals surface area contributed by atoms with Gasteiger partial charge in [0.05, 0.1) is 22.6 Å². The van der Waals surface area contributed by atoms with E-state index in [4.69, 9.17) is 17.3 Å². The molecule has 2 N–H and O–H groups in total. The van der Waals surface area contributed by atoms with E-state index in [1.165, 1.54) is 4.68 Å². The van der Waals surface area contributed by atoms with Gasteiger partial charge in [-0.25, -0.2) is 13.1 Å². The number of anilines is 1. The van der Waals surface area contributed by atoms with Crippen LogP contribution in [0.15, 0.2) is 18.2 Å². The minimum Gasteiger partial charge on any atom is -0.399 e.